The summed E-state index contributed by atoms with van der Waals surface area (Å²) >= 11 is 3.14. The number of alkyl halides is 1. The van der Waals surface area contributed by atoms with Crippen LogP contribution in [-0.4, -0.2) is 28.3 Å². The molecule has 0 aliphatic heterocycles. The van der Waals surface area contributed by atoms with Gasteiger partial charge in [-0.1, -0.05) is 6.07 Å². The molecule has 1 atom stereocenters. The monoisotopic (exact) mass is 309 g/mol. The van der Waals surface area contributed by atoms with E-state index >= 15 is 0 Å². The molecular weight excluding hydrogens is 297 g/mol. The van der Waals surface area contributed by atoms with Gasteiger partial charge in [-0.3, -0.25) is 0 Å². The standard InChI is InChI=1S/C10H13BrFNO2S/c1-13-6-9(12)7-3-4-10(8(11)5-7)16(2,14)15/h3-5,9,13H,6H2,1-2H3. The third-order valence-electron chi connectivity index (χ3n) is 2.10. The molecule has 1 aromatic carbocycles. The molecule has 0 spiro atoms. The second kappa shape index (κ2) is 5.25. The van der Waals surface area contributed by atoms with Crippen LogP contribution in [0.1, 0.15) is 11.7 Å². The number of hydrogen-bond acceptors (Lipinski definition) is 3. The number of nitrogens with one attached hydrogen (secondary N) is 1. The van der Waals surface area contributed by atoms with E-state index < -0.39 is 16.0 Å². The second-order valence-electron chi connectivity index (χ2n) is 3.49. The smallest absolute Gasteiger partial charge is 0.176 e. The molecule has 0 aliphatic carbocycles. The summed E-state index contributed by atoms with van der Waals surface area (Å²) < 4.78 is 36.6. The summed E-state index contributed by atoms with van der Waals surface area (Å²) in [5.74, 6) is 0. The fraction of sp³-hybridized carbons (Fsp3) is 0.400. The van der Waals surface area contributed by atoms with Gasteiger partial charge in [0, 0.05) is 17.3 Å². The number of benzene rings is 1. The maximum atomic E-state index is 13.5. The quantitative estimate of drug-likeness (QED) is 0.926. The van der Waals surface area contributed by atoms with Gasteiger partial charge in [-0.15, -0.1) is 0 Å². The van der Waals surface area contributed by atoms with Gasteiger partial charge in [0.1, 0.15) is 6.17 Å². The predicted octanol–water partition coefficient (Wildman–Crippen LogP) is 2.08. The molecule has 1 N–H and O–H groups in total. The highest BCUT2D eigenvalue weighted by atomic mass is 79.9. The molecule has 1 aromatic rings. The van der Waals surface area contributed by atoms with Gasteiger partial charge in [-0.25, -0.2) is 12.8 Å². The summed E-state index contributed by atoms with van der Waals surface area (Å²) in [5, 5.41) is 2.72. The molecule has 0 radical (unpaired) electrons. The molecule has 0 aromatic heterocycles. The number of sulfone groups is 1. The van der Waals surface area contributed by atoms with Crippen molar-refractivity contribution in [2.45, 2.75) is 11.1 Å². The minimum absolute atomic E-state index is 0.174. The van der Waals surface area contributed by atoms with Crippen LogP contribution in [-0.2, 0) is 9.84 Å². The van der Waals surface area contributed by atoms with E-state index in [9.17, 15) is 12.8 Å². The van der Waals surface area contributed by atoms with Crippen molar-refractivity contribution in [1.82, 2.24) is 5.32 Å². The lowest BCUT2D eigenvalue weighted by Crippen LogP contribution is -2.14. The maximum Gasteiger partial charge on any atom is 0.176 e. The molecular formula is C10H13BrFNO2S. The van der Waals surface area contributed by atoms with E-state index in [1.54, 1.807) is 7.05 Å². The van der Waals surface area contributed by atoms with Crippen LogP contribution in [0.3, 0.4) is 0 Å². The number of likely N-dealkylation sites (N-methyl/N-ethyl adjacent to an activating group) is 1. The van der Waals surface area contributed by atoms with Crippen LogP contribution in [0.25, 0.3) is 0 Å². The van der Waals surface area contributed by atoms with E-state index in [-0.39, 0.29) is 11.4 Å². The molecule has 1 unspecified atom stereocenters. The Bertz CT molecular complexity index is 476. The number of rotatable bonds is 4. The molecule has 0 aliphatic rings. The maximum absolute atomic E-state index is 13.5. The average molecular weight is 310 g/mol. The molecule has 0 heterocycles. The zero-order chi connectivity index (χ0) is 12.3. The highest BCUT2D eigenvalue weighted by Gasteiger charge is 2.15. The summed E-state index contributed by atoms with van der Waals surface area (Å²) in [6.07, 6.45) is -0.0253. The van der Waals surface area contributed by atoms with Gasteiger partial charge in [-0.05, 0) is 40.7 Å². The van der Waals surface area contributed by atoms with Crippen molar-refractivity contribution in [3.05, 3.63) is 28.2 Å². The van der Waals surface area contributed by atoms with Crippen LogP contribution in [0.2, 0.25) is 0 Å². The first kappa shape index (κ1) is 13.6. The number of halogens is 2. The van der Waals surface area contributed by atoms with Gasteiger partial charge in [0.05, 0.1) is 4.90 Å². The lowest BCUT2D eigenvalue weighted by Gasteiger charge is -2.10. The molecule has 0 bridgehead atoms. The fourth-order valence-corrected chi connectivity index (χ4v) is 3.32. The van der Waals surface area contributed by atoms with Crippen LogP contribution in [0.15, 0.2) is 27.6 Å². The van der Waals surface area contributed by atoms with Gasteiger partial charge in [-0.2, -0.15) is 0 Å². The first-order chi connectivity index (χ1) is 7.36. The zero-order valence-electron chi connectivity index (χ0n) is 9.00. The average Bonchev–Trinajstić information content (AvgIpc) is 2.16. The largest absolute Gasteiger partial charge is 0.317 e. The van der Waals surface area contributed by atoms with E-state index in [1.165, 1.54) is 18.2 Å². The fourth-order valence-electron chi connectivity index (χ4n) is 1.31. The van der Waals surface area contributed by atoms with Crippen molar-refractivity contribution in [3.63, 3.8) is 0 Å². The Balaban J connectivity index is 3.09. The lowest BCUT2D eigenvalue weighted by molar-refractivity contribution is 0.335. The normalized spacial score (nSPS) is 13.8. The number of hydrogen-bond donors (Lipinski definition) is 1. The van der Waals surface area contributed by atoms with Crippen molar-refractivity contribution < 1.29 is 12.8 Å². The molecule has 1 rings (SSSR count). The van der Waals surface area contributed by atoms with Crippen LogP contribution >= 0.6 is 15.9 Å². The first-order valence-corrected chi connectivity index (χ1v) is 7.33. The summed E-state index contributed by atoms with van der Waals surface area (Å²) in [7, 11) is -1.61. The molecule has 3 nitrogen and oxygen atoms in total. The zero-order valence-corrected chi connectivity index (χ0v) is 11.4. The SMILES string of the molecule is CNCC(F)c1ccc(S(C)(=O)=O)c(Br)c1. The van der Waals surface area contributed by atoms with Crippen LogP contribution < -0.4 is 5.32 Å². The highest BCUT2D eigenvalue weighted by Crippen LogP contribution is 2.27. The third-order valence-corrected chi connectivity index (χ3v) is 4.17. The minimum atomic E-state index is -3.27. The van der Waals surface area contributed by atoms with E-state index in [4.69, 9.17) is 0 Å². The molecule has 16 heavy (non-hydrogen) atoms. The lowest BCUT2D eigenvalue weighted by atomic mass is 10.1. The summed E-state index contributed by atoms with van der Waals surface area (Å²) in [6.45, 7) is 0.199. The minimum Gasteiger partial charge on any atom is -0.317 e. The van der Waals surface area contributed by atoms with Crippen LogP contribution in [0.5, 0.6) is 0 Å². The van der Waals surface area contributed by atoms with Crippen molar-refractivity contribution in [1.29, 1.82) is 0 Å². The molecule has 90 valence electrons. The summed E-state index contributed by atoms with van der Waals surface area (Å²) in [5.41, 5.74) is 0.452. The van der Waals surface area contributed by atoms with Gasteiger partial charge >= 0.3 is 0 Å². The van der Waals surface area contributed by atoms with E-state index in [0.29, 0.717) is 10.0 Å². The van der Waals surface area contributed by atoms with Crippen LogP contribution in [0, 0.1) is 0 Å². The van der Waals surface area contributed by atoms with Crippen molar-refractivity contribution in [3.8, 4) is 0 Å². The molecule has 0 amide bonds. The Kier molecular flexibility index (Phi) is 4.46. The van der Waals surface area contributed by atoms with E-state index in [2.05, 4.69) is 21.2 Å². The summed E-state index contributed by atoms with van der Waals surface area (Å²) in [4.78, 5) is 0.174. The Morgan fingerprint density at radius 2 is 2.12 bits per heavy atom. The highest BCUT2D eigenvalue weighted by molar-refractivity contribution is 9.10. The Morgan fingerprint density at radius 1 is 1.50 bits per heavy atom. The van der Waals surface area contributed by atoms with Crippen molar-refractivity contribution >= 4 is 25.8 Å². The third kappa shape index (κ3) is 3.26. The molecule has 6 heteroatoms. The first-order valence-electron chi connectivity index (χ1n) is 4.64. The van der Waals surface area contributed by atoms with Gasteiger partial charge in [0.15, 0.2) is 9.84 Å². The van der Waals surface area contributed by atoms with E-state index in [0.717, 1.165) is 6.26 Å². The molecule has 0 fully saturated rings. The second-order valence-corrected chi connectivity index (χ2v) is 6.33. The van der Waals surface area contributed by atoms with E-state index in [1.807, 2.05) is 0 Å². The van der Waals surface area contributed by atoms with Gasteiger partial charge in [0.25, 0.3) is 0 Å². The van der Waals surface area contributed by atoms with Gasteiger partial charge < -0.3 is 5.32 Å². The molecule has 0 saturated carbocycles. The Labute approximate surface area is 103 Å². The predicted molar refractivity (Wildman–Crippen MR) is 65.0 cm³/mol. The topological polar surface area (TPSA) is 46.2 Å². The van der Waals surface area contributed by atoms with Gasteiger partial charge in [0.2, 0.25) is 0 Å². The van der Waals surface area contributed by atoms with Crippen LogP contribution in [0.4, 0.5) is 4.39 Å². The molecule has 0 saturated heterocycles. The summed E-state index contributed by atoms with van der Waals surface area (Å²) in [6, 6.07) is 4.40. The Hall–Kier alpha value is -0.460. The van der Waals surface area contributed by atoms with Crippen molar-refractivity contribution in [2.24, 2.45) is 0 Å². The Morgan fingerprint density at radius 3 is 2.56 bits per heavy atom. The van der Waals surface area contributed by atoms with Crippen molar-refractivity contribution in [2.75, 3.05) is 19.8 Å².